The summed E-state index contributed by atoms with van der Waals surface area (Å²) in [6.45, 7) is 3.16. The summed E-state index contributed by atoms with van der Waals surface area (Å²) in [6, 6.07) is 0.309. The van der Waals surface area contributed by atoms with Crippen LogP contribution in [0.15, 0.2) is 6.20 Å². The number of aliphatic hydroxyl groups is 1. The Kier molecular flexibility index (Phi) is 3.04. The van der Waals surface area contributed by atoms with Crippen LogP contribution in [0.2, 0.25) is 0 Å². The molecule has 1 aliphatic rings. The molecule has 0 bridgehead atoms. The lowest BCUT2D eigenvalue weighted by Crippen LogP contribution is -2.45. The Balaban J connectivity index is 2.13. The first kappa shape index (κ1) is 10.6. The number of likely N-dealkylation sites (N-methyl/N-ethyl adjacent to an activating group) is 2. The summed E-state index contributed by atoms with van der Waals surface area (Å²) in [5, 5.41) is 8.97. The molecule has 1 saturated heterocycles. The van der Waals surface area contributed by atoms with E-state index in [-0.39, 0.29) is 6.61 Å². The molecule has 0 saturated carbocycles. The van der Waals surface area contributed by atoms with Crippen molar-refractivity contribution in [2.45, 2.75) is 12.6 Å². The molecule has 2 N–H and O–H groups in total. The average Bonchev–Trinajstić information content (AvgIpc) is 2.70. The minimum atomic E-state index is 0.0271. The van der Waals surface area contributed by atoms with E-state index in [1.54, 1.807) is 6.20 Å². The second-order valence-electron chi connectivity index (χ2n) is 4.21. The van der Waals surface area contributed by atoms with Crippen molar-refractivity contribution in [3.05, 3.63) is 17.7 Å². The van der Waals surface area contributed by atoms with Gasteiger partial charge in [-0.25, -0.2) is 4.98 Å². The van der Waals surface area contributed by atoms with Gasteiger partial charge in [0.15, 0.2) is 0 Å². The van der Waals surface area contributed by atoms with Crippen LogP contribution in [-0.2, 0) is 6.61 Å². The molecule has 2 rings (SSSR count). The third-order valence-corrected chi connectivity index (χ3v) is 2.99. The standard InChI is InChI=1S/C10H18N4O/c1-13-3-4-14(2)9(6-13)10-11-5-8(7-15)12-10/h5,9,15H,3-4,6-7H2,1-2H3,(H,11,12). The summed E-state index contributed by atoms with van der Waals surface area (Å²) in [7, 11) is 4.23. The Labute approximate surface area is 89.7 Å². The Morgan fingerprint density at radius 3 is 3.00 bits per heavy atom. The summed E-state index contributed by atoms with van der Waals surface area (Å²) < 4.78 is 0. The van der Waals surface area contributed by atoms with E-state index in [0.29, 0.717) is 6.04 Å². The quantitative estimate of drug-likeness (QED) is 0.711. The van der Waals surface area contributed by atoms with Gasteiger partial charge in [-0.1, -0.05) is 0 Å². The number of aromatic amines is 1. The lowest BCUT2D eigenvalue weighted by atomic mass is 10.2. The fourth-order valence-corrected chi connectivity index (χ4v) is 1.93. The van der Waals surface area contributed by atoms with Crippen LogP contribution in [0.25, 0.3) is 0 Å². The van der Waals surface area contributed by atoms with Crippen LogP contribution in [0.5, 0.6) is 0 Å². The number of rotatable bonds is 2. The fourth-order valence-electron chi connectivity index (χ4n) is 1.93. The van der Waals surface area contributed by atoms with E-state index in [1.165, 1.54) is 0 Å². The van der Waals surface area contributed by atoms with E-state index in [0.717, 1.165) is 31.2 Å². The molecule has 2 heterocycles. The van der Waals surface area contributed by atoms with Crippen LogP contribution in [0.4, 0.5) is 0 Å². The maximum Gasteiger partial charge on any atom is 0.125 e. The van der Waals surface area contributed by atoms with Crippen LogP contribution >= 0.6 is 0 Å². The molecule has 0 aliphatic carbocycles. The Morgan fingerprint density at radius 2 is 2.33 bits per heavy atom. The number of H-pyrrole nitrogens is 1. The van der Waals surface area contributed by atoms with Gasteiger partial charge in [0.05, 0.1) is 24.5 Å². The first-order valence-electron chi connectivity index (χ1n) is 5.24. The van der Waals surface area contributed by atoms with Crippen LogP contribution in [0, 0.1) is 0 Å². The van der Waals surface area contributed by atoms with Crippen LogP contribution in [0.3, 0.4) is 0 Å². The molecule has 0 spiro atoms. The highest BCUT2D eigenvalue weighted by atomic mass is 16.3. The largest absolute Gasteiger partial charge is 0.390 e. The molecule has 5 heteroatoms. The molecule has 84 valence electrons. The summed E-state index contributed by atoms with van der Waals surface area (Å²) in [6.07, 6.45) is 1.71. The number of piperazine rings is 1. The second-order valence-corrected chi connectivity index (χ2v) is 4.21. The number of hydrogen-bond donors (Lipinski definition) is 2. The van der Waals surface area contributed by atoms with E-state index in [9.17, 15) is 0 Å². The monoisotopic (exact) mass is 210 g/mol. The SMILES string of the molecule is CN1CCN(C)C(c2ncc(CO)[nH]2)C1. The van der Waals surface area contributed by atoms with Gasteiger partial charge in [-0.15, -0.1) is 0 Å². The molecule has 1 aromatic rings. The second kappa shape index (κ2) is 4.30. The molecule has 0 aromatic carbocycles. The van der Waals surface area contributed by atoms with Crippen molar-refractivity contribution in [1.82, 2.24) is 19.8 Å². The van der Waals surface area contributed by atoms with E-state index in [2.05, 4.69) is 33.9 Å². The minimum Gasteiger partial charge on any atom is -0.390 e. The first-order valence-corrected chi connectivity index (χ1v) is 5.24. The highest BCUT2D eigenvalue weighted by Crippen LogP contribution is 2.20. The maximum absolute atomic E-state index is 8.97. The highest BCUT2D eigenvalue weighted by molar-refractivity contribution is 5.05. The number of nitrogens with one attached hydrogen (secondary N) is 1. The van der Waals surface area contributed by atoms with Crippen molar-refractivity contribution in [2.75, 3.05) is 33.7 Å². The van der Waals surface area contributed by atoms with Gasteiger partial charge in [-0.2, -0.15) is 0 Å². The van der Waals surface area contributed by atoms with Gasteiger partial charge < -0.3 is 15.0 Å². The van der Waals surface area contributed by atoms with Gasteiger partial charge in [0.1, 0.15) is 5.82 Å². The van der Waals surface area contributed by atoms with Crippen LogP contribution < -0.4 is 0 Å². The van der Waals surface area contributed by atoms with Crippen molar-refractivity contribution >= 4 is 0 Å². The average molecular weight is 210 g/mol. The molecule has 1 aliphatic heterocycles. The van der Waals surface area contributed by atoms with Gasteiger partial charge in [0, 0.05) is 19.6 Å². The number of aromatic nitrogens is 2. The molecule has 1 unspecified atom stereocenters. The van der Waals surface area contributed by atoms with Crippen molar-refractivity contribution in [2.24, 2.45) is 0 Å². The van der Waals surface area contributed by atoms with Crippen LogP contribution in [0.1, 0.15) is 17.6 Å². The van der Waals surface area contributed by atoms with E-state index in [4.69, 9.17) is 5.11 Å². The lowest BCUT2D eigenvalue weighted by Gasteiger charge is -2.36. The zero-order valence-corrected chi connectivity index (χ0v) is 9.27. The number of nitrogens with zero attached hydrogens (tertiary/aromatic N) is 3. The van der Waals surface area contributed by atoms with Crippen molar-refractivity contribution in [3.63, 3.8) is 0 Å². The Hall–Kier alpha value is -0.910. The van der Waals surface area contributed by atoms with Crippen molar-refractivity contribution in [1.29, 1.82) is 0 Å². The van der Waals surface area contributed by atoms with E-state index < -0.39 is 0 Å². The molecule has 1 aromatic heterocycles. The molecule has 0 radical (unpaired) electrons. The zero-order valence-electron chi connectivity index (χ0n) is 9.27. The predicted molar refractivity (Wildman–Crippen MR) is 57.4 cm³/mol. The Morgan fingerprint density at radius 1 is 1.53 bits per heavy atom. The molecule has 15 heavy (non-hydrogen) atoms. The first-order chi connectivity index (χ1) is 7.20. The number of aliphatic hydroxyl groups excluding tert-OH is 1. The van der Waals surface area contributed by atoms with Gasteiger partial charge in [-0.05, 0) is 14.1 Å². The van der Waals surface area contributed by atoms with Gasteiger partial charge in [0.2, 0.25) is 0 Å². The molecule has 0 amide bonds. The minimum absolute atomic E-state index is 0.0271. The number of hydrogen-bond acceptors (Lipinski definition) is 4. The molecular formula is C10H18N4O. The Bertz CT molecular complexity index is 325. The highest BCUT2D eigenvalue weighted by Gasteiger charge is 2.25. The summed E-state index contributed by atoms with van der Waals surface area (Å²) >= 11 is 0. The lowest BCUT2D eigenvalue weighted by molar-refractivity contribution is 0.110. The molecule has 5 nitrogen and oxygen atoms in total. The normalized spacial score (nSPS) is 24.6. The number of imidazole rings is 1. The van der Waals surface area contributed by atoms with Crippen molar-refractivity contribution in [3.8, 4) is 0 Å². The van der Waals surface area contributed by atoms with Gasteiger partial charge in [0.25, 0.3) is 0 Å². The van der Waals surface area contributed by atoms with Crippen molar-refractivity contribution < 1.29 is 5.11 Å². The molecule has 1 atom stereocenters. The summed E-state index contributed by atoms with van der Waals surface area (Å²) in [5.41, 5.74) is 0.784. The smallest absolute Gasteiger partial charge is 0.125 e. The molecule has 1 fully saturated rings. The zero-order chi connectivity index (χ0) is 10.8. The van der Waals surface area contributed by atoms with Gasteiger partial charge >= 0.3 is 0 Å². The van der Waals surface area contributed by atoms with Gasteiger partial charge in [-0.3, -0.25) is 4.90 Å². The van der Waals surface area contributed by atoms with E-state index in [1.807, 2.05) is 0 Å². The third-order valence-electron chi connectivity index (χ3n) is 2.99. The third kappa shape index (κ3) is 2.19. The summed E-state index contributed by atoms with van der Waals surface area (Å²) in [4.78, 5) is 12.1. The molecular weight excluding hydrogens is 192 g/mol. The van der Waals surface area contributed by atoms with E-state index >= 15 is 0 Å². The van der Waals surface area contributed by atoms with Crippen LogP contribution in [-0.4, -0.2) is 58.6 Å². The maximum atomic E-state index is 8.97. The summed E-state index contributed by atoms with van der Waals surface area (Å²) in [5.74, 6) is 0.952. The fraction of sp³-hybridized carbons (Fsp3) is 0.700. The topological polar surface area (TPSA) is 55.4 Å². The predicted octanol–water partition coefficient (Wildman–Crippen LogP) is -0.180.